The third-order valence-electron chi connectivity index (χ3n) is 6.65. The summed E-state index contributed by atoms with van der Waals surface area (Å²) < 4.78 is 1.71. The first-order chi connectivity index (χ1) is 14.8. The summed E-state index contributed by atoms with van der Waals surface area (Å²) in [5, 5.41) is 21.2. The molecule has 2 aliphatic heterocycles. The van der Waals surface area contributed by atoms with Crippen molar-refractivity contribution in [3.63, 3.8) is 0 Å². The van der Waals surface area contributed by atoms with Crippen LogP contribution >= 0.6 is 0 Å². The van der Waals surface area contributed by atoms with Gasteiger partial charge < -0.3 is 20.6 Å². The Morgan fingerprint density at radius 3 is 2.77 bits per heavy atom. The molecule has 0 spiro atoms. The number of carbonyl (C=O) groups is 1. The summed E-state index contributed by atoms with van der Waals surface area (Å²) in [5.74, 6) is 1.22. The summed E-state index contributed by atoms with van der Waals surface area (Å²) >= 11 is 0. The third-order valence-corrected chi connectivity index (χ3v) is 6.65. The molecule has 0 radical (unpaired) electrons. The molecule has 1 amide bonds. The van der Waals surface area contributed by atoms with Crippen LogP contribution in [0.2, 0.25) is 0 Å². The highest BCUT2D eigenvalue weighted by Gasteiger charge is 2.38. The maximum Gasteiger partial charge on any atom is 0.247 e. The van der Waals surface area contributed by atoms with Gasteiger partial charge in [-0.05, 0) is 50.8 Å². The number of rotatable bonds is 4. The fourth-order valence-corrected chi connectivity index (χ4v) is 4.37. The van der Waals surface area contributed by atoms with Crippen LogP contribution in [0.1, 0.15) is 45.6 Å². The number of aliphatic hydroxyl groups is 1. The lowest BCUT2D eigenvalue weighted by Crippen LogP contribution is -2.44. The molecule has 1 saturated heterocycles. The Kier molecular flexibility index (Phi) is 4.40. The Morgan fingerprint density at radius 2 is 2.03 bits per heavy atom. The Labute approximate surface area is 180 Å². The van der Waals surface area contributed by atoms with Crippen LogP contribution in [0.15, 0.2) is 30.6 Å². The average molecular weight is 422 g/mol. The number of nitrogens with zero attached hydrogens (tertiary/aromatic N) is 5. The van der Waals surface area contributed by atoms with Gasteiger partial charge in [0.15, 0.2) is 11.5 Å². The molecule has 1 fully saturated rings. The first-order valence-electron chi connectivity index (χ1n) is 10.7. The third kappa shape index (κ3) is 3.29. The second-order valence-corrected chi connectivity index (χ2v) is 8.98. The Balaban J connectivity index is 1.40. The van der Waals surface area contributed by atoms with Gasteiger partial charge in [-0.1, -0.05) is 13.0 Å². The average Bonchev–Trinajstić information content (AvgIpc) is 3.26. The van der Waals surface area contributed by atoms with Crippen molar-refractivity contribution in [1.82, 2.24) is 19.6 Å². The second-order valence-electron chi connectivity index (χ2n) is 8.98. The van der Waals surface area contributed by atoms with Gasteiger partial charge in [0.05, 0.1) is 11.0 Å². The van der Waals surface area contributed by atoms with Crippen molar-refractivity contribution in [2.45, 2.75) is 51.0 Å². The molecule has 162 valence electrons. The largest absolute Gasteiger partial charge is 0.390 e. The highest BCUT2D eigenvalue weighted by molar-refractivity contribution is 6.06. The van der Waals surface area contributed by atoms with Crippen LogP contribution < -0.4 is 15.5 Å². The number of nitrogens with one attached hydrogen (secondary N) is 2. The molecule has 3 N–H and O–H groups in total. The second kappa shape index (κ2) is 6.91. The molecular weight excluding hydrogens is 394 g/mol. The van der Waals surface area contributed by atoms with Gasteiger partial charge in [-0.3, -0.25) is 4.79 Å². The van der Waals surface area contributed by atoms with E-state index in [9.17, 15) is 9.90 Å². The lowest BCUT2D eigenvalue weighted by Gasteiger charge is -2.38. The first kappa shape index (κ1) is 19.7. The van der Waals surface area contributed by atoms with Crippen LogP contribution in [-0.2, 0) is 10.2 Å². The highest BCUT2D eigenvalue weighted by atomic mass is 16.3. The SMILES string of the molecule is CCC1(O)CCN(c2nccn3nc(Nc4ccc5c(c4)NC(=O)C5(C)C)nc23)CC1. The Hall–Kier alpha value is -3.20. The molecular formula is C22H27N7O2. The van der Waals surface area contributed by atoms with Crippen LogP contribution in [-0.4, -0.2) is 49.3 Å². The molecule has 3 aromatic rings. The van der Waals surface area contributed by atoms with Gasteiger partial charge >= 0.3 is 0 Å². The van der Waals surface area contributed by atoms with Gasteiger partial charge in [-0.25, -0.2) is 9.50 Å². The van der Waals surface area contributed by atoms with Crippen molar-refractivity contribution in [1.29, 1.82) is 0 Å². The van der Waals surface area contributed by atoms with Crippen molar-refractivity contribution in [2.75, 3.05) is 28.6 Å². The first-order valence-corrected chi connectivity index (χ1v) is 10.7. The number of amides is 1. The van der Waals surface area contributed by atoms with E-state index in [2.05, 4.69) is 30.6 Å². The molecule has 0 unspecified atom stereocenters. The fraction of sp³-hybridized carbons (Fsp3) is 0.455. The summed E-state index contributed by atoms with van der Waals surface area (Å²) in [6, 6.07) is 5.80. The van der Waals surface area contributed by atoms with E-state index in [4.69, 9.17) is 0 Å². The van der Waals surface area contributed by atoms with Crippen molar-refractivity contribution < 1.29 is 9.90 Å². The highest BCUT2D eigenvalue weighted by Crippen LogP contribution is 2.39. The van der Waals surface area contributed by atoms with E-state index in [1.807, 2.05) is 39.0 Å². The summed E-state index contributed by atoms with van der Waals surface area (Å²) in [5.41, 5.74) is 2.14. The molecule has 31 heavy (non-hydrogen) atoms. The number of fused-ring (bicyclic) bond motifs is 2. The molecule has 2 aliphatic rings. The molecule has 0 aliphatic carbocycles. The standard InChI is InChI=1S/C22H27N7O2/c1-4-22(31)7-10-28(11-8-22)17-18-26-20(27-29(18)12-9-23-17)24-14-5-6-15-16(13-14)25-19(30)21(15,2)3/h5-6,9,12-13,31H,4,7-8,10-11H2,1-3H3,(H,24,27)(H,25,30). The normalized spacial score (nSPS) is 19.4. The number of hydrogen-bond donors (Lipinski definition) is 3. The number of aromatic nitrogens is 4. The van der Waals surface area contributed by atoms with E-state index in [1.165, 1.54) is 0 Å². The summed E-state index contributed by atoms with van der Waals surface area (Å²) in [6.07, 6.45) is 5.67. The minimum Gasteiger partial charge on any atom is -0.390 e. The number of anilines is 4. The Bertz CT molecular complexity index is 1160. The maximum absolute atomic E-state index is 12.2. The van der Waals surface area contributed by atoms with Gasteiger partial charge in [0.2, 0.25) is 11.9 Å². The molecule has 0 bridgehead atoms. The van der Waals surface area contributed by atoms with E-state index < -0.39 is 11.0 Å². The molecule has 4 heterocycles. The molecule has 1 aromatic carbocycles. The van der Waals surface area contributed by atoms with Crippen LogP contribution in [0.5, 0.6) is 0 Å². The van der Waals surface area contributed by atoms with Crippen molar-refractivity contribution in [3.8, 4) is 0 Å². The summed E-state index contributed by atoms with van der Waals surface area (Å²) in [7, 11) is 0. The van der Waals surface area contributed by atoms with Crippen molar-refractivity contribution in [2.24, 2.45) is 0 Å². The predicted molar refractivity (Wildman–Crippen MR) is 119 cm³/mol. The van der Waals surface area contributed by atoms with Gasteiger partial charge in [-0.2, -0.15) is 4.98 Å². The van der Waals surface area contributed by atoms with Gasteiger partial charge in [0, 0.05) is 36.9 Å². The zero-order valence-corrected chi connectivity index (χ0v) is 18.0. The quantitative estimate of drug-likeness (QED) is 0.594. The smallest absolute Gasteiger partial charge is 0.247 e. The van der Waals surface area contributed by atoms with E-state index >= 15 is 0 Å². The maximum atomic E-state index is 12.2. The van der Waals surface area contributed by atoms with Crippen LogP contribution in [0.4, 0.5) is 23.1 Å². The van der Waals surface area contributed by atoms with E-state index in [-0.39, 0.29) is 5.91 Å². The fourth-order valence-electron chi connectivity index (χ4n) is 4.37. The Morgan fingerprint density at radius 1 is 1.26 bits per heavy atom. The van der Waals surface area contributed by atoms with Crippen LogP contribution in [0.3, 0.4) is 0 Å². The summed E-state index contributed by atoms with van der Waals surface area (Å²) in [6.45, 7) is 7.32. The number of benzene rings is 1. The van der Waals surface area contributed by atoms with Gasteiger partial charge in [0.25, 0.3) is 0 Å². The molecule has 5 rings (SSSR count). The topological polar surface area (TPSA) is 108 Å². The minimum absolute atomic E-state index is 0.00211. The van der Waals surface area contributed by atoms with Crippen molar-refractivity contribution >= 4 is 34.7 Å². The molecule has 0 saturated carbocycles. The van der Waals surface area contributed by atoms with E-state index in [0.29, 0.717) is 24.4 Å². The minimum atomic E-state index is -0.584. The molecule has 2 aromatic heterocycles. The van der Waals surface area contributed by atoms with Crippen molar-refractivity contribution in [3.05, 3.63) is 36.2 Å². The monoisotopic (exact) mass is 421 g/mol. The number of hydrogen-bond acceptors (Lipinski definition) is 7. The molecule has 0 atom stereocenters. The molecule has 9 heteroatoms. The van der Waals surface area contributed by atoms with Crippen LogP contribution in [0.25, 0.3) is 5.65 Å². The predicted octanol–water partition coefficient (Wildman–Crippen LogP) is 2.84. The number of carbonyl (C=O) groups excluding carboxylic acids is 1. The van der Waals surface area contributed by atoms with Gasteiger partial charge in [0.1, 0.15) is 0 Å². The lowest BCUT2D eigenvalue weighted by atomic mass is 9.86. The van der Waals surface area contributed by atoms with E-state index in [1.54, 1.807) is 16.9 Å². The summed E-state index contributed by atoms with van der Waals surface area (Å²) in [4.78, 5) is 23.6. The number of piperidine rings is 1. The zero-order valence-electron chi connectivity index (χ0n) is 18.0. The molecule has 9 nitrogen and oxygen atoms in total. The van der Waals surface area contributed by atoms with Crippen LogP contribution in [0, 0.1) is 0 Å². The zero-order chi connectivity index (χ0) is 21.8. The van der Waals surface area contributed by atoms with E-state index in [0.717, 1.165) is 42.3 Å². The van der Waals surface area contributed by atoms with Gasteiger partial charge in [-0.15, -0.1) is 5.10 Å². The lowest BCUT2D eigenvalue weighted by molar-refractivity contribution is -0.119.